The van der Waals surface area contributed by atoms with Gasteiger partial charge in [-0.05, 0) is 12.3 Å². The van der Waals surface area contributed by atoms with Crippen LogP contribution < -0.4 is 0 Å². The second-order valence-corrected chi connectivity index (χ2v) is 2.85. The summed E-state index contributed by atoms with van der Waals surface area (Å²) < 4.78 is 0. The van der Waals surface area contributed by atoms with E-state index >= 15 is 0 Å². The maximum absolute atomic E-state index is 10.4. The Hall–Kier alpha value is -0.630. The molecule has 3 unspecified atom stereocenters. The first kappa shape index (κ1) is 7.48. The van der Waals surface area contributed by atoms with Gasteiger partial charge < -0.3 is 9.90 Å². The van der Waals surface area contributed by atoms with Gasteiger partial charge >= 0.3 is 0 Å². The first-order valence-corrected chi connectivity index (χ1v) is 3.55. The molecule has 3 atom stereocenters. The van der Waals surface area contributed by atoms with Crippen LogP contribution in [0.1, 0.15) is 13.3 Å². The SMILES string of the molecule is CC1C=CC(O)CC1C=O. The molecule has 2 heteroatoms. The van der Waals surface area contributed by atoms with Crippen molar-refractivity contribution >= 4 is 6.29 Å². The highest BCUT2D eigenvalue weighted by Gasteiger charge is 2.20. The number of aliphatic hydroxyl groups excluding tert-OH is 1. The zero-order valence-corrected chi connectivity index (χ0v) is 6.03. The Bertz CT molecular complexity index is 151. The van der Waals surface area contributed by atoms with Gasteiger partial charge in [0.2, 0.25) is 0 Å². The molecular formula is C8H12O2. The fourth-order valence-corrected chi connectivity index (χ4v) is 1.20. The Morgan fingerprint density at radius 3 is 2.80 bits per heavy atom. The Morgan fingerprint density at radius 2 is 2.30 bits per heavy atom. The predicted molar refractivity (Wildman–Crippen MR) is 38.5 cm³/mol. The van der Waals surface area contributed by atoms with Gasteiger partial charge in [0.25, 0.3) is 0 Å². The molecular weight excluding hydrogens is 128 g/mol. The molecule has 0 heterocycles. The average molecular weight is 140 g/mol. The van der Waals surface area contributed by atoms with Crippen LogP contribution in [0.4, 0.5) is 0 Å². The Balaban J connectivity index is 2.61. The molecule has 0 bridgehead atoms. The average Bonchev–Trinajstić information content (AvgIpc) is 1.94. The van der Waals surface area contributed by atoms with Crippen LogP contribution in [-0.4, -0.2) is 17.5 Å². The zero-order valence-electron chi connectivity index (χ0n) is 6.03. The van der Waals surface area contributed by atoms with Crippen molar-refractivity contribution < 1.29 is 9.90 Å². The molecule has 56 valence electrons. The van der Waals surface area contributed by atoms with Crippen LogP contribution in [0.2, 0.25) is 0 Å². The van der Waals surface area contributed by atoms with Crippen molar-refractivity contribution in [3.05, 3.63) is 12.2 Å². The van der Waals surface area contributed by atoms with E-state index in [1.54, 1.807) is 6.08 Å². The quantitative estimate of drug-likeness (QED) is 0.431. The minimum absolute atomic E-state index is 0.0139. The number of carbonyl (C=O) groups excluding carboxylic acids is 1. The highest BCUT2D eigenvalue weighted by Crippen LogP contribution is 2.22. The highest BCUT2D eigenvalue weighted by atomic mass is 16.3. The normalized spacial score (nSPS) is 39.6. The zero-order chi connectivity index (χ0) is 7.56. The van der Waals surface area contributed by atoms with Crippen LogP contribution >= 0.6 is 0 Å². The predicted octanol–water partition coefficient (Wildman–Crippen LogP) is 0.758. The van der Waals surface area contributed by atoms with Crippen LogP contribution in [0.5, 0.6) is 0 Å². The smallest absolute Gasteiger partial charge is 0.123 e. The lowest BCUT2D eigenvalue weighted by Gasteiger charge is -2.22. The van der Waals surface area contributed by atoms with Gasteiger partial charge in [0.1, 0.15) is 6.29 Å². The van der Waals surface area contributed by atoms with E-state index in [4.69, 9.17) is 5.11 Å². The van der Waals surface area contributed by atoms with Gasteiger partial charge in [-0.25, -0.2) is 0 Å². The number of allylic oxidation sites excluding steroid dienone is 1. The maximum atomic E-state index is 10.4. The number of hydrogen-bond acceptors (Lipinski definition) is 2. The van der Waals surface area contributed by atoms with Crippen molar-refractivity contribution in [2.75, 3.05) is 0 Å². The highest BCUT2D eigenvalue weighted by molar-refractivity contribution is 5.55. The van der Waals surface area contributed by atoms with Crippen LogP contribution in [0.25, 0.3) is 0 Å². The molecule has 0 saturated carbocycles. The lowest BCUT2D eigenvalue weighted by Crippen LogP contribution is -2.22. The van der Waals surface area contributed by atoms with Crippen LogP contribution in [-0.2, 0) is 4.79 Å². The van der Waals surface area contributed by atoms with Crippen LogP contribution in [0, 0.1) is 11.8 Å². The van der Waals surface area contributed by atoms with E-state index in [9.17, 15) is 4.79 Å². The third-order valence-corrected chi connectivity index (χ3v) is 2.00. The van der Waals surface area contributed by atoms with E-state index in [0.29, 0.717) is 12.3 Å². The first-order chi connectivity index (χ1) is 4.74. The lowest BCUT2D eigenvalue weighted by atomic mass is 9.85. The van der Waals surface area contributed by atoms with Crippen molar-refractivity contribution in [1.29, 1.82) is 0 Å². The minimum atomic E-state index is -0.411. The molecule has 2 nitrogen and oxygen atoms in total. The van der Waals surface area contributed by atoms with Crippen molar-refractivity contribution in [1.82, 2.24) is 0 Å². The summed E-state index contributed by atoms with van der Waals surface area (Å²) >= 11 is 0. The Kier molecular flexibility index (Phi) is 2.22. The molecule has 0 aliphatic heterocycles. The van der Waals surface area contributed by atoms with E-state index in [1.807, 2.05) is 13.0 Å². The Labute approximate surface area is 60.6 Å². The third kappa shape index (κ3) is 1.45. The number of aldehydes is 1. The van der Waals surface area contributed by atoms with Crippen molar-refractivity contribution in [3.63, 3.8) is 0 Å². The molecule has 1 aliphatic carbocycles. The summed E-state index contributed by atoms with van der Waals surface area (Å²) in [5, 5.41) is 9.08. The van der Waals surface area contributed by atoms with Gasteiger partial charge in [0.15, 0.2) is 0 Å². The van der Waals surface area contributed by atoms with Gasteiger partial charge in [-0.3, -0.25) is 0 Å². The summed E-state index contributed by atoms with van der Waals surface area (Å²) in [6.45, 7) is 1.99. The van der Waals surface area contributed by atoms with Gasteiger partial charge in [0.05, 0.1) is 6.10 Å². The first-order valence-electron chi connectivity index (χ1n) is 3.55. The summed E-state index contributed by atoms with van der Waals surface area (Å²) in [4.78, 5) is 10.4. The van der Waals surface area contributed by atoms with Gasteiger partial charge in [0, 0.05) is 5.92 Å². The monoisotopic (exact) mass is 140 g/mol. The molecule has 1 N–H and O–H groups in total. The molecule has 0 aromatic rings. The van der Waals surface area contributed by atoms with E-state index in [2.05, 4.69) is 0 Å². The van der Waals surface area contributed by atoms with Gasteiger partial charge in [-0.15, -0.1) is 0 Å². The Morgan fingerprint density at radius 1 is 1.60 bits per heavy atom. The van der Waals surface area contributed by atoms with Crippen molar-refractivity contribution in [3.8, 4) is 0 Å². The standard InChI is InChI=1S/C8H12O2/c1-6-2-3-8(10)4-7(6)5-9/h2-3,5-8,10H,4H2,1H3. The number of hydrogen-bond donors (Lipinski definition) is 1. The number of aliphatic hydroxyl groups is 1. The molecule has 10 heavy (non-hydrogen) atoms. The molecule has 0 aromatic carbocycles. The van der Waals surface area contributed by atoms with Gasteiger partial charge in [-0.2, -0.15) is 0 Å². The summed E-state index contributed by atoms with van der Waals surface area (Å²) in [5.41, 5.74) is 0. The molecule has 0 amide bonds. The van der Waals surface area contributed by atoms with Crippen molar-refractivity contribution in [2.24, 2.45) is 11.8 Å². The summed E-state index contributed by atoms with van der Waals surface area (Å²) in [6.07, 6.45) is 4.75. The van der Waals surface area contributed by atoms with Crippen LogP contribution in [0.15, 0.2) is 12.2 Å². The van der Waals surface area contributed by atoms with E-state index in [0.717, 1.165) is 6.29 Å². The van der Waals surface area contributed by atoms with Crippen molar-refractivity contribution in [2.45, 2.75) is 19.4 Å². The summed E-state index contributed by atoms with van der Waals surface area (Å²) in [7, 11) is 0. The second-order valence-electron chi connectivity index (χ2n) is 2.85. The summed E-state index contributed by atoms with van der Waals surface area (Å²) in [5.74, 6) is 0.306. The van der Waals surface area contributed by atoms with Gasteiger partial charge in [-0.1, -0.05) is 19.1 Å². The molecule has 0 radical (unpaired) electrons. The number of carbonyl (C=O) groups is 1. The molecule has 1 rings (SSSR count). The van der Waals surface area contributed by atoms with E-state index < -0.39 is 6.10 Å². The lowest BCUT2D eigenvalue weighted by molar-refractivity contribution is -0.112. The largest absolute Gasteiger partial charge is 0.389 e. The minimum Gasteiger partial charge on any atom is -0.389 e. The topological polar surface area (TPSA) is 37.3 Å². The molecule has 1 aliphatic rings. The fourth-order valence-electron chi connectivity index (χ4n) is 1.20. The fraction of sp³-hybridized carbons (Fsp3) is 0.625. The second kappa shape index (κ2) is 2.97. The maximum Gasteiger partial charge on any atom is 0.123 e. The molecule has 0 spiro atoms. The van der Waals surface area contributed by atoms with E-state index in [1.165, 1.54) is 0 Å². The molecule has 0 aromatic heterocycles. The summed E-state index contributed by atoms with van der Waals surface area (Å²) in [6, 6.07) is 0. The molecule has 0 saturated heterocycles. The van der Waals surface area contributed by atoms with E-state index in [-0.39, 0.29) is 5.92 Å². The van der Waals surface area contributed by atoms with Crippen LogP contribution in [0.3, 0.4) is 0 Å². The number of rotatable bonds is 1. The third-order valence-electron chi connectivity index (χ3n) is 2.00. The molecule has 0 fully saturated rings.